The van der Waals surface area contributed by atoms with Gasteiger partial charge in [-0.05, 0) is 37.6 Å². The van der Waals surface area contributed by atoms with Crippen LogP contribution in [0.1, 0.15) is 12.8 Å². The van der Waals surface area contributed by atoms with Crippen molar-refractivity contribution in [2.45, 2.75) is 24.0 Å². The highest BCUT2D eigenvalue weighted by molar-refractivity contribution is 7.99. The summed E-state index contributed by atoms with van der Waals surface area (Å²) >= 11 is 1.78. The van der Waals surface area contributed by atoms with Crippen LogP contribution in [0.15, 0.2) is 23.4 Å². The fraction of sp³-hybridized carbons (Fsp3) is 0.417. The van der Waals surface area contributed by atoms with E-state index in [1.54, 1.807) is 11.8 Å². The number of nitrogen functional groups attached to an aromatic ring is 1. The molecule has 1 aliphatic rings. The van der Waals surface area contributed by atoms with E-state index < -0.39 is 0 Å². The minimum absolute atomic E-state index is 0.637. The normalized spacial score (nSPS) is 20.1. The zero-order valence-electron chi connectivity index (χ0n) is 9.57. The number of imidazole rings is 1. The number of nitrogens with two attached hydrogens (primary N) is 1. The van der Waals surface area contributed by atoms with E-state index in [1.165, 1.54) is 12.8 Å². The van der Waals surface area contributed by atoms with Gasteiger partial charge in [0.15, 0.2) is 5.16 Å². The predicted octanol–water partition coefficient (Wildman–Crippen LogP) is 1.99. The number of aromatic amines is 1. The van der Waals surface area contributed by atoms with Crippen molar-refractivity contribution in [3.8, 4) is 0 Å². The molecule has 0 bridgehead atoms. The number of thioether (sulfide) groups is 1. The average Bonchev–Trinajstić information content (AvgIpc) is 2.94. The highest BCUT2D eigenvalue weighted by Crippen LogP contribution is 2.23. The molecule has 2 heterocycles. The van der Waals surface area contributed by atoms with Crippen molar-refractivity contribution < 1.29 is 0 Å². The van der Waals surface area contributed by atoms with Crippen LogP contribution in [0, 0.1) is 0 Å². The van der Waals surface area contributed by atoms with Gasteiger partial charge in [-0.2, -0.15) is 0 Å². The first-order chi connectivity index (χ1) is 8.31. The fourth-order valence-electron chi connectivity index (χ4n) is 2.15. The Hall–Kier alpha value is -1.20. The Labute approximate surface area is 104 Å². The zero-order chi connectivity index (χ0) is 11.7. The maximum Gasteiger partial charge on any atom is 0.166 e. The van der Waals surface area contributed by atoms with E-state index in [-0.39, 0.29) is 0 Å². The highest BCUT2D eigenvalue weighted by atomic mass is 32.2. The van der Waals surface area contributed by atoms with Crippen LogP contribution in [0.4, 0.5) is 5.69 Å². The summed E-state index contributed by atoms with van der Waals surface area (Å²) in [6.07, 6.45) is 2.57. The first kappa shape index (κ1) is 10.9. The number of anilines is 1. The lowest BCUT2D eigenvalue weighted by molar-refractivity contribution is 0.673. The van der Waals surface area contributed by atoms with E-state index >= 15 is 0 Å². The van der Waals surface area contributed by atoms with Crippen LogP contribution in [0.3, 0.4) is 0 Å². The number of nitrogens with one attached hydrogen (secondary N) is 2. The molecule has 1 aromatic heterocycles. The molecule has 1 fully saturated rings. The van der Waals surface area contributed by atoms with Gasteiger partial charge >= 0.3 is 0 Å². The van der Waals surface area contributed by atoms with Crippen LogP contribution in [0.5, 0.6) is 0 Å². The van der Waals surface area contributed by atoms with E-state index in [1.807, 2.05) is 18.2 Å². The first-order valence-corrected chi connectivity index (χ1v) is 6.91. The number of fused-ring (bicyclic) bond motifs is 1. The summed E-state index contributed by atoms with van der Waals surface area (Å²) in [5.74, 6) is 1.08. The maximum absolute atomic E-state index is 5.74. The van der Waals surface area contributed by atoms with Gasteiger partial charge in [-0.25, -0.2) is 4.98 Å². The molecule has 2 aromatic rings. The van der Waals surface area contributed by atoms with Crippen LogP contribution in [-0.2, 0) is 0 Å². The van der Waals surface area contributed by atoms with Crippen LogP contribution in [0.25, 0.3) is 11.0 Å². The third-order valence-corrected chi connectivity index (χ3v) is 4.10. The number of hydrogen-bond donors (Lipinski definition) is 3. The van der Waals surface area contributed by atoms with Crippen molar-refractivity contribution in [3.63, 3.8) is 0 Å². The molecule has 1 aromatic carbocycles. The fourth-order valence-corrected chi connectivity index (χ4v) is 3.14. The molecule has 0 saturated carbocycles. The van der Waals surface area contributed by atoms with Crippen molar-refractivity contribution >= 4 is 28.5 Å². The molecule has 1 saturated heterocycles. The monoisotopic (exact) mass is 248 g/mol. The molecule has 1 atom stereocenters. The van der Waals surface area contributed by atoms with Gasteiger partial charge in [-0.3, -0.25) is 0 Å². The Kier molecular flexibility index (Phi) is 2.94. The lowest BCUT2D eigenvalue weighted by atomic mass is 10.3. The molecule has 5 heteroatoms. The van der Waals surface area contributed by atoms with Crippen molar-refractivity contribution in [2.75, 3.05) is 18.0 Å². The minimum atomic E-state index is 0.637. The summed E-state index contributed by atoms with van der Waals surface area (Å²) in [6, 6.07) is 6.41. The van der Waals surface area contributed by atoms with Gasteiger partial charge in [-0.15, -0.1) is 0 Å². The molecule has 4 nitrogen and oxygen atoms in total. The van der Waals surface area contributed by atoms with Crippen molar-refractivity contribution in [1.82, 2.24) is 15.3 Å². The lowest BCUT2D eigenvalue weighted by Gasteiger charge is -2.06. The van der Waals surface area contributed by atoms with Crippen LogP contribution < -0.4 is 11.1 Å². The van der Waals surface area contributed by atoms with Crippen LogP contribution >= 0.6 is 11.8 Å². The second-order valence-electron chi connectivity index (χ2n) is 4.42. The second-order valence-corrected chi connectivity index (χ2v) is 5.43. The Morgan fingerprint density at radius 2 is 2.41 bits per heavy atom. The molecule has 0 spiro atoms. The van der Waals surface area contributed by atoms with E-state index in [0.717, 1.165) is 34.2 Å². The molecule has 1 aliphatic heterocycles. The number of hydrogen-bond acceptors (Lipinski definition) is 4. The van der Waals surface area contributed by atoms with Gasteiger partial charge in [-0.1, -0.05) is 11.8 Å². The molecule has 4 N–H and O–H groups in total. The Morgan fingerprint density at radius 3 is 3.24 bits per heavy atom. The number of benzene rings is 1. The number of rotatable bonds is 3. The largest absolute Gasteiger partial charge is 0.399 e. The lowest BCUT2D eigenvalue weighted by Crippen LogP contribution is -2.23. The Bertz CT molecular complexity index is 516. The van der Waals surface area contributed by atoms with Gasteiger partial charge < -0.3 is 16.0 Å². The van der Waals surface area contributed by atoms with Gasteiger partial charge in [0.25, 0.3) is 0 Å². The average molecular weight is 248 g/mol. The summed E-state index contributed by atoms with van der Waals surface area (Å²) in [5.41, 5.74) is 8.52. The molecule has 3 rings (SSSR count). The SMILES string of the molecule is Nc1ccc2nc(SC[C@H]3CCCN3)[nH]c2c1. The molecule has 17 heavy (non-hydrogen) atoms. The van der Waals surface area contributed by atoms with Gasteiger partial charge in [0.2, 0.25) is 0 Å². The molecule has 0 aliphatic carbocycles. The van der Waals surface area contributed by atoms with Crippen molar-refractivity contribution in [1.29, 1.82) is 0 Å². The highest BCUT2D eigenvalue weighted by Gasteiger charge is 2.14. The molecular formula is C12H16N4S. The van der Waals surface area contributed by atoms with E-state index in [4.69, 9.17) is 5.73 Å². The summed E-state index contributed by atoms with van der Waals surface area (Å²) in [5, 5.41) is 4.47. The van der Waals surface area contributed by atoms with Crippen molar-refractivity contribution in [3.05, 3.63) is 18.2 Å². The van der Waals surface area contributed by atoms with Crippen LogP contribution in [0.2, 0.25) is 0 Å². The summed E-state index contributed by atoms with van der Waals surface area (Å²) < 4.78 is 0. The zero-order valence-corrected chi connectivity index (χ0v) is 10.4. The van der Waals surface area contributed by atoms with Crippen LogP contribution in [-0.4, -0.2) is 28.3 Å². The third kappa shape index (κ3) is 2.40. The van der Waals surface area contributed by atoms with E-state index in [0.29, 0.717) is 6.04 Å². The second kappa shape index (κ2) is 4.58. The molecule has 0 amide bonds. The van der Waals surface area contributed by atoms with Gasteiger partial charge in [0, 0.05) is 17.5 Å². The van der Waals surface area contributed by atoms with E-state index in [2.05, 4.69) is 15.3 Å². The Morgan fingerprint density at radius 1 is 1.47 bits per heavy atom. The third-order valence-electron chi connectivity index (χ3n) is 3.07. The Balaban J connectivity index is 1.72. The van der Waals surface area contributed by atoms with Crippen molar-refractivity contribution in [2.24, 2.45) is 0 Å². The molecular weight excluding hydrogens is 232 g/mol. The summed E-state index contributed by atoms with van der Waals surface area (Å²) in [7, 11) is 0. The minimum Gasteiger partial charge on any atom is -0.399 e. The number of nitrogens with zero attached hydrogens (tertiary/aromatic N) is 1. The smallest absolute Gasteiger partial charge is 0.166 e. The standard InChI is InChI=1S/C12H16N4S/c13-8-3-4-10-11(6-8)16-12(15-10)17-7-9-2-1-5-14-9/h3-4,6,9,14H,1-2,5,7,13H2,(H,15,16)/t9-/m1/s1. The molecule has 90 valence electrons. The number of H-pyrrole nitrogens is 1. The van der Waals surface area contributed by atoms with Gasteiger partial charge in [0.1, 0.15) is 0 Å². The quantitative estimate of drug-likeness (QED) is 0.574. The molecule has 0 unspecified atom stereocenters. The summed E-state index contributed by atoms with van der Waals surface area (Å²) in [4.78, 5) is 7.84. The molecule has 0 radical (unpaired) electrons. The summed E-state index contributed by atoms with van der Waals surface area (Å²) in [6.45, 7) is 1.15. The van der Waals surface area contributed by atoms with E-state index in [9.17, 15) is 0 Å². The maximum atomic E-state index is 5.74. The predicted molar refractivity (Wildman–Crippen MR) is 72.3 cm³/mol. The topological polar surface area (TPSA) is 66.7 Å². The number of aromatic nitrogens is 2. The first-order valence-electron chi connectivity index (χ1n) is 5.93. The van der Waals surface area contributed by atoms with Gasteiger partial charge in [0.05, 0.1) is 11.0 Å².